The quantitative estimate of drug-likeness (QED) is 0.494. The zero-order valence-corrected chi connectivity index (χ0v) is 20.2. The molecule has 2 aromatic carbocycles. The first-order valence-corrected chi connectivity index (χ1v) is 12.9. The monoisotopic (exact) mass is 501 g/mol. The van der Waals surface area contributed by atoms with Crippen molar-refractivity contribution in [2.75, 3.05) is 65.0 Å². The lowest BCUT2D eigenvalue weighted by Crippen LogP contribution is -2.39. The molecule has 11 heteroatoms. The molecule has 0 unspecified atom stereocenters. The van der Waals surface area contributed by atoms with Crippen molar-refractivity contribution in [3.63, 3.8) is 0 Å². The Bertz CT molecular complexity index is 1290. The molecular formula is C24H27N3O7S. The number of methoxy groups -OCH3 is 1. The molecule has 0 radical (unpaired) electrons. The largest absolute Gasteiger partial charge is 0.497 e. The SMILES string of the molecule is COc1cccc(-c2nc(S(=O)(=O)c3ccc4c(c3)OCCO4)c(NCCN3CCOCC3)o2)c1. The van der Waals surface area contributed by atoms with Crippen molar-refractivity contribution < 1.29 is 31.8 Å². The van der Waals surface area contributed by atoms with Gasteiger partial charge in [-0.2, -0.15) is 4.98 Å². The summed E-state index contributed by atoms with van der Waals surface area (Å²) in [5, 5.41) is 2.95. The van der Waals surface area contributed by atoms with Crippen molar-refractivity contribution in [1.82, 2.24) is 9.88 Å². The van der Waals surface area contributed by atoms with E-state index in [-0.39, 0.29) is 21.7 Å². The highest BCUT2D eigenvalue weighted by Crippen LogP contribution is 2.37. The summed E-state index contributed by atoms with van der Waals surface area (Å²) in [5.41, 5.74) is 0.601. The lowest BCUT2D eigenvalue weighted by Gasteiger charge is -2.26. The summed E-state index contributed by atoms with van der Waals surface area (Å²) in [7, 11) is -2.47. The Kier molecular flexibility index (Phi) is 6.80. The van der Waals surface area contributed by atoms with Gasteiger partial charge in [0.1, 0.15) is 19.0 Å². The van der Waals surface area contributed by atoms with E-state index in [0.717, 1.165) is 13.1 Å². The number of fused-ring (bicyclic) bond motifs is 1. The highest BCUT2D eigenvalue weighted by molar-refractivity contribution is 7.91. The van der Waals surface area contributed by atoms with Crippen molar-refractivity contribution in [3.8, 4) is 28.7 Å². The number of benzene rings is 2. The van der Waals surface area contributed by atoms with E-state index in [4.69, 9.17) is 23.4 Å². The average molecular weight is 502 g/mol. The highest BCUT2D eigenvalue weighted by Gasteiger charge is 2.30. The number of anilines is 1. The normalized spacial score (nSPS) is 16.1. The van der Waals surface area contributed by atoms with Crippen LogP contribution in [0, 0.1) is 0 Å². The van der Waals surface area contributed by atoms with Crippen molar-refractivity contribution in [2.45, 2.75) is 9.92 Å². The summed E-state index contributed by atoms with van der Waals surface area (Å²) < 4.78 is 55.1. The van der Waals surface area contributed by atoms with E-state index in [1.54, 1.807) is 37.4 Å². The topological polar surface area (TPSA) is 112 Å². The minimum Gasteiger partial charge on any atom is -0.497 e. The minimum atomic E-state index is -4.03. The molecule has 10 nitrogen and oxygen atoms in total. The van der Waals surface area contributed by atoms with Gasteiger partial charge in [0.05, 0.1) is 25.2 Å². The molecule has 2 aliphatic rings. The van der Waals surface area contributed by atoms with Crippen LogP contribution in [0.4, 0.5) is 5.88 Å². The number of nitrogens with one attached hydrogen (secondary N) is 1. The van der Waals surface area contributed by atoms with Crippen LogP contribution in [-0.4, -0.2) is 78.0 Å². The van der Waals surface area contributed by atoms with E-state index < -0.39 is 9.84 Å². The summed E-state index contributed by atoms with van der Waals surface area (Å²) in [4.78, 5) is 6.69. The fourth-order valence-electron chi connectivity index (χ4n) is 3.93. The zero-order valence-electron chi connectivity index (χ0n) is 19.4. The Morgan fingerprint density at radius 1 is 1.03 bits per heavy atom. The second-order valence-electron chi connectivity index (χ2n) is 8.07. The maximum absolute atomic E-state index is 13.7. The van der Waals surface area contributed by atoms with Gasteiger partial charge in [-0.15, -0.1) is 0 Å². The summed E-state index contributed by atoms with van der Waals surface area (Å²) in [6.45, 7) is 5.00. The Morgan fingerprint density at radius 2 is 1.83 bits per heavy atom. The number of morpholine rings is 1. The molecule has 1 saturated heterocycles. The maximum Gasteiger partial charge on any atom is 0.233 e. The molecule has 35 heavy (non-hydrogen) atoms. The summed E-state index contributed by atoms with van der Waals surface area (Å²) in [5.74, 6) is 1.77. The number of oxazole rings is 1. The van der Waals surface area contributed by atoms with Crippen LogP contribution < -0.4 is 19.5 Å². The zero-order chi connectivity index (χ0) is 24.3. The van der Waals surface area contributed by atoms with Crippen LogP contribution in [0.1, 0.15) is 0 Å². The number of hydrogen-bond acceptors (Lipinski definition) is 10. The average Bonchev–Trinajstić information content (AvgIpc) is 3.34. The van der Waals surface area contributed by atoms with Crippen LogP contribution in [0.5, 0.6) is 17.2 Å². The van der Waals surface area contributed by atoms with Crippen LogP contribution in [0.25, 0.3) is 11.5 Å². The molecule has 0 saturated carbocycles. The lowest BCUT2D eigenvalue weighted by molar-refractivity contribution is 0.0398. The third kappa shape index (κ3) is 5.07. The first kappa shape index (κ1) is 23.5. The van der Waals surface area contributed by atoms with Gasteiger partial charge in [0.2, 0.25) is 26.6 Å². The number of nitrogens with zero attached hydrogens (tertiary/aromatic N) is 2. The summed E-state index contributed by atoms with van der Waals surface area (Å²) >= 11 is 0. The molecule has 1 N–H and O–H groups in total. The van der Waals surface area contributed by atoms with E-state index in [1.165, 1.54) is 12.1 Å². The molecule has 2 aliphatic heterocycles. The second kappa shape index (κ2) is 10.1. The molecule has 3 aromatic rings. The van der Waals surface area contributed by atoms with Gasteiger partial charge in [0, 0.05) is 37.8 Å². The Hall–Kier alpha value is -3.28. The molecule has 0 aliphatic carbocycles. The standard InChI is InChI=1S/C24H27N3O7S/c1-30-18-4-2-3-17(15-18)22-26-24(23(34-22)25-7-8-27-9-11-31-12-10-27)35(28,29)19-5-6-20-21(16-19)33-14-13-32-20/h2-6,15-16,25H,7-14H2,1H3. The van der Waals surface area contributed by atoms with E-state index in [9.17, 15) is 8.42 Å². The van der Waals surface area contributed by atoms with Gasteiger partial charge in [0.25, 0.3) is 0 Å². The van der Waals surface area contributed by atoms with E-state index in [0.29, 0.717) is 62.3 Å². The number of ether oxygens (including phenoxy) is 4. The second-order valence-corrected chi connectivity index (χ2v) is 9.94. The smallest absolute Gasteiger partial charge is 0.233 e. The molecule has 3 heterocycles. The first-order chi connectivity index (χ1) is 17.0. The molecule has 186 valence electrons. The summed E-state index contributed by atoms with van der Waals surface area (Å²) in [6, 6.07) is 11.6. The van der Waals surface area contributed by atoms with E-state index in [2.05, 4.69) is 15.2 Å². The van der Waals surface area contributed by atoms with Gasteiger partial charge in [0.15, 0.2) is 11.5 Å². The molecule has 5 rings (SSSR count). The van der Waals surface area contributed by atoms with Crippen LogP contribution in [0.15, 0.2) is 56.8 Å². The van der Waals surface area contributed by atoms with Crippen molar-refractivity contribution >= 4 is 15.7 Å². The van der Waals surface area contributed by atoms with Gasteiger partial charge < -0.3 is 28.7 Å². The third-order valence-electron chi connectivity index (χ3n) is 5.81. The van der Waals surface area contributed by atoms with Crippen molar-refractivity contribution in [2.24, 2.45) is 0 Å². The van der Waals surface area contributed by atoms with Gasteiger partial charge in [-0.25, -0.2) is 8.42 Å². The Labute approximate surface area is 203 Å². The van der Waals surface area contributed by atoms with Gasteiger partial charge in [-0.3, -0.25) is 4.90 Å². The lowest BCUT2D eigenvalue weighted by atomic mass is 10.2. The van der Waals surface area contributed by atoms with Gasteiger partial charge in [-0.05, 0) is 30.3 Å². The maximum atomic E-state index is 13.7. The fraction of sp³-hybridized carbons (Fsp3) is 0.375. The van der Waals surface area contributed by atoms with Crippen LogP contribution >= 0.6 is 0 Å². The molecule has 0 atom stereocenters. The highest BCUT2D eigenvalue weighted by atomic mass is 32.2. The van der Waals surface area contributed by atoms with Crippen molar-refractivity contribution in [1.29, 1.82) is 0 Å². The van der Waals surface area contributed by atoms with Crippen LogP contribution in [0.2, 0.25) is 0 Å². The number of hydrogen-bond donors (Lipinski definition) is 1. The molecule has 1 aromatic heterocycles. The number of aromatic nitrogens is 1. The number of sulfone groups is 1. The van der Waals surface area contributed by atoms with Gasteiger partial charge >= 0.3 is 0 Å². The number of rotatable bonds is 8. The summed E-state index contributed by atoms with van der Waals surface area (Å²) in [6.07, 6.45) is 0. The van der Waals surface area contributed by atoms with Crippen molar-refractivity contribution in [3.05, 3.63) is 42.5 Å². The Balaban J connectivity index is 1.47. The first-order valence-electron chi connectivity index (χ1n) is 11.4. The Morgan fingerprint density at radius 3 is 2.63 bits per heavy atom. The third-order valence-corrected chi connectivity index (χ3v) is 7.47. The molecule has 0 bridgehead atoms. The van der Waals surface area contributed by atoms with Crippen LogP contribution in [0.3, 0.4) is 0 Å². The molecule has 0 amide bonds. The fourth-order valence-corrected chi connectivity index (χ4v) is 5.23. The van der Waals surface area contributed by atoms with E-state index in [1.807, 2.05) is 0 Å². The predicted molar refractivity (Wildman–Crippen MR) is 127 cm³/mol. The van der Waals surface area contributed by atoms with Crippen LogP contribution in [-0.2, 0) is 14.6 Å². The molecule has 1 fully saturated rings. The predicted octanol–water partition coefficient (Wildman–Crippen LogP) is 2.70. The molecule has 0 spiro atoms. The van der Waals surface area contributed by atoms with E-state index >= 15 is 0 Å². The van der Waals surface area contributed by atoms with Gasteiger partial charge in [-0.1, -0.05) is 6.07 Å². The minimum absolute atomic E-state index is 0.0449. The molecular weight excluding hydrogens is 474 g/mol.